The van der Waals surface area contributed by atoms with Crippen molar-refractivity contribution in [2.45, 2.75) is 44.6 Å². The van der Waals surface area contributed by atoms with Crippen LogP contribution in [0.5, 0.6) is 0 Å². The average molecular weight is 511 g/mol. The number of rotatable bonds is 8. The van der Waals surface area contributed by atoms with E-state index in [1.807, 2.05) is 72.8 Å². The Bertz CT molecular complexity index is 1250. The second kappa shape index (κ2) is 10.2. The van der Waals surface area contributed by atoms with E-state index in [-0.39, 0.29) is 18.5 Å². The van der Waals surface area contributed by atoms with Gasteiger partial charge in [-0.2, -0.15) is 13.2 Å². The van der Waals surface area contributed by atoms with Crippen LogP contribution in [-0.2, 0) is 0 Å². The highest BCUT2D eigenvalue weighted by molar-refractivity contribution is 5.97. The normalized spacial score (nSPS) is 18.8. The van der Waals surface area contributed by atoms with Gasteiger partial charge in [0.05, 0.1) is 24.4 Å². The first-order valence-electron chi connectivity index (χ1n) is 12.3. The number of aliphatic imine (C=N–C) groups is 1. The fourth-order valence-corrected chi connectivity index (χ4v) is 4.32. The Morgan fingerprint density at radius 3 is 2.62 bits per heavy atom. The van der Waals surface area contributed by atoms with E-state index in [4.69, 9.17) is 0 Å². The number of anilines is 1. The number of amides is 1. The van der Waals surface area contributed by atoms with Crippen molar-refractivity contribution in [1.82, 2.24) is 20.9 Å². The number of fused-ring (bicyclic) bond motifs is 1. The summed E-state index contributed by atoms with van der Waals surface area (Å²) in [4.78, 5) is 19.1. The number of hydrogen-bond acceptors (Lipinski definition) is 6. The predicted molar refractivity (Wildman–Crippen MR) is 138 cm³/mol. The zero-order chi connectivity index (χ0) is 26.0. The molecule has 1 saturated carbocycles. The molecule has 0 bridgehead atoms. The summed E-state index contributed by atoms with van der Waals surface area (Å²) in [7, 11) is 0. The molecule has 2 aromatic rings. The molecule has 0 radical (unpaired) electrons. The van der Waals surface area contributed by atoms with Gasteiger partial charge in [-0.3, -0.25) is 4.79 Å². The van der Waals surface area contributed by atoms with E-state index in [0.717, 1.165) is 35.4 Å². The first-order chi connectivity index (χ1) is 17.8. The van der Waals surface area contributed by atoms with Crippen LogP contribution in [0.2, 0.25) is 0 Å². The molecule has 37 heavy (non-hydrogen) atoms. The van der Waals surface area contributed by atoms with Crippen LogP contribution >= 0.6 is 0 Å². The van der Waals surface area contributed by atoms with Gasteiger partial charge in [0.2, 0.25) is 0 Å². The zero-order valence-electron chi connectivity index (χ0n) is 20.4. The van der Waals surface area contributed by atoms with Gasteiger partial charge in [-0.1, -0.05) is 24.3 Å². The van der Waals surface area contributed by atoms with Crippen LogP contribution in [0.1, 0.15) is 40.7 Å². The van der Waals surface area contributed by atoms with Gasteiger partial charge in [0, 0.05) is 36.2 Å². The van der Waals surface area contributed by atoms with E-state index in [1.165, 1.54) is 0 Å². The number of halogens is 3. The van der Waals surface area contributed by atoms with Crippen molar-refractivity contribution in [3.8, 4) is 0 Å². The van der Waals surface area contributed by atoms with Gasteiger partial charge < -0.3 is 26.2 Å². The van der Waals surface area contributed by atoms with Gasteiger partial charge in [0.1, 0.15) is 5.84 Å². The first kappa shape index (κ1) is 24.7. The van der Waals surface area contributed by atoms with Crippen LogP contribution in [0, 0.1) is 6.92 Å². The van der Waals surface area contributed by atoms with Gasteiger partial charge in [-0.25, -0.2) is 4.99 Å². The van der Waals surface area contributed by atoms with E-state index in [0.29, 0.717) is 23.6 Å². The molecule has 1 amide bonds. The number of hydrogen-bond donors (Lipinski definition) is 4. The van der Waals surface area contributed by atoms with Crippen molar-refractivity contribution in [2.75, 3.05) is 18.4 Å². The minimum absolute atomic E-state index is 0.0709. The fourth-order valence-electron chi connectivity index (χ4n) is 4.32. The molecule has 0 saturated heterocycles. The predicted octanol–water partition coefficient (Wildman–Crippen LogP) is 4.32. The lowest BCUT2D eigenvalue weighted by atomic mass is 10.0. The zero-order valence-corrected chi connectivity index (χ0v) is 20.4. The Kier molecular flexibility index (Phi) is 6.82. The van der Waals surface area contributed by atoms with Gasteiger partial charge in [-0.05, 0) is 55.2 Å². The molecule has 5 rings (SSSR count). The van der Waals surface area contributed by atoms with Crippen molar-refractivity contribution < 1.29 is 18.0 Å². The molecular weight excluding hydrogens is 481 g/mol. The number of aryl methyl sites for hydroxylation is 1. The highest BCUT2D eigenvalue weighted by atomic mass is 19.4. The Hall–Kier alpha value is -3.95. The molecule has 0 aromatic heterocycles. The maximum absolute atomic E-state index is 12.8. The lowest BCUT2D eigenvalue weighted by molar-refractivity contribution is -0.132. The molecule has 1 aliphatic carbocycles. The minimum atomic E-state index is -4.26. The van der Waals surface area contributed by atoms with Crippen LogP contribution in [-0.4, -0.2) is 48.1 Å². The third-order valence-corrected chi connectivity index (χ3v) is 6.39. The summed E-state index contributed by atoms with van der Waals surface area (Å²) in [5, 5.41) is 12.4. The smallest absolute Gasteiger partial charge is 0.379 e. The van der Waals surface area contributed by atoms with Crippen LogP contribution in [0.4, 0.5) is 18.9 Å². The lowest BCUT2D eigenvalue weighted by Crippen LogP contribution is -2.50. The van der Waals surface area contributed by atoms with Crippen LogP contribution in [0.15, 0.2) is 71.6 Å². The Morgan fingerprint density at radius 1 is 1.14 bits per heavy atom. The van der Waals surface area contributed by atoms with Gasteiger partial charge in [0.25, 0.3) is 5.91 Å². The molecule has 1 atom stereocenters. The standard InChI is InChI=1S/C27H29F3N6O/c1-17-13-18(7-10-22(17)26(37)35-20-8-9-20)23-15-33-25-24(31-12-11-27(28,29)30)34-21(16-36(23)25)14-32-19-5-3-2-4-6-19/h2-7,10,13,15-16,20,25,32-33H,8-9,11-12,14H2,1H3,(H,31,34)(H,35,37). The number of benzene rings is 2. The number of nitrogens with zero attached hydrogens (tertiary/aromatic N) is 2. The fraction of sp³-hybridized carbons (Fsp3) is 0.333. The quantitative estimate of drug-likeness (QED) is 0.425. The van der Waals surface area contributed by atoms with Crippen LogP contribution in [0.3, 0.4) is 0 Å². The maximum atomic E-state index is 12.8. The monoisotopic (exact) mass is 510 g/mol. The Labute approximate surface area is 213 Å². The molecule has 7 nitrogen and oxygen atoms in total. The maximum Gasteiger partial charge on any atom is 0.390 e. The van der Waals surface area contributed by atoms with Crippen LogP contribution < -0.4 is 21.3 Å². The summed E-state index contributed by atoms with van der Waals surface area (Å²) in [5.41, 5.74) is 4.80. The summed E-state index contributed by atoms with van der Waals surface area (Å²) in [6.45, 7) is 2.02. The van der Waals surface area contributed by atoms with E-state index in [1.54, 1.807) is 0 Å². The highest BCUT2D eigenvalue weighted by Gasteiger charge is 2.34. The number of para-hydroxylation sites is 1. The number of carbonyl (C=O) groups is 1. The first-order valence-corrected chi connectivity index (χ1v) is 12.3. The van der Waals surface area contributed by atoms with E-state index in [9.17, 15) is 18.0 Å². The number of amidine groups is 1. The van der Waals surface area contributed by atoms with Gasteiger partial charge in [0.15, 0.2) is 6.17 Å². The molecule has 194 valence electrons. The Balaban J connectivity index is 1.36. The summed E-state index contributed by atoms with van der Waals surface area (Å²) < 4.78 is 38.3. The molecule has 2 heterocycles. The Morgan fingerprint density at radius 2 is 1.92 bits per heavy atom. The summed E-state index contributed by atoms with van der Waals surface area (Å²) in [6, 6.07) is 15.6. The summed E-state index contributed by atoms with van der Waals surface area (Å²) in [6.07, 6.45) is 0.0937. The third-order valence-electron chi connectivity index (χ3n) is 6.39. The molecule has 10 heteroatoms. The number of nitrogens with one attached hydrogen (secondary N) is 4. The van der Waals surface area contributed by atoms with E-state index >= 15 is 0 Å². The van der Waals surface area contributed by atoms with Crippen LogP contribution in [0.25, 0.3) is 5.70 Å². The molecular formula is C27H29F3N6O. The van der Waals surface area contributed by atoms with Crippen molar-refractivity contribution >= 4 is 23.1 Å². The average Bonchev–Trinajstić information content (AvgIpc) is 3.57. The molecule has 4 N–H and O–H groups in total. The molecule has 2 aliphatic heterocycles. The molecule has 2 aromatic carbocycles. The summed E-state index contributed by atoms with van der Waals surface area (Å²) >= 11 is 0. The van der Waals surface area contributed by atoms with Gasteiger partial charge >= 0.3 is 6.18 Å². The molecule has 3 aliphatic rings. The highest BCUT2D eigenvalue weighted by Crippen LogP contribution is 2.31. The summed E-state index contributed by atoms with van der Waals surface area (Å²) in [5.74, 6) is 0.346. The lowest BCUT2D eigenvalue weighted by Gasteiger charge is -2.32. The second-order valence-electron chi connectivity index (χ2n) is 9.41. The molecule has 1 unspecified atom stereocenters. The number of alkyl halides is 3. The van der Waals surface area contributed by atoms with E-state index < -0.39 is 18.8 Å². The van der Waals surface area contributed by atoms with Crippen molar-refractivity contribution in [3.63, 3.8) is 0 Å². The van der Waals surface area contributed by atoms with Crippen molar-refractivity contribution in [3.05, 3.63) is 83.3 Å². The van der Waals surface area contributed by atoms with Gasteiger partial charge in [-0.15, -0.1) is 0 Å². The van der Waals surface area contributed by atoms with E-state index in [2.05, 4.69) is 26.3 Å². The molecule has 0 spiro atoms. The largest absolute Gasteiger partial charge is 0.390 e. The van der Waals surface area contributed by atoms with Crippen molar-refractivity contribution in [2.24, 2.45) is 4.99 Å². The second-order valence-corrected chi connectivity index (χ2v) is 9.41. The topological polar surface area (TPSA) is 80.8 Å². The number of carbonyl (C=O) groups excluding carboxylic acids is 1. The minimum Gasteiger partial charge on any atom is -0.379 e. The third kappa shape index (κ3) is 6.07. The SMILES string of the molecule is Cc1cc(C2=CNC3C(NCCC(F)(F)F)=NC(CNc4ccccc4)=CN23)ccc1C(=O)NC1CC1. The molecule has 1 fully saturated rings. The van der Waals surface area contributed by atoms with Crippen molar-refractivity contribution in [1.29, 1.82) is 0 Å².